The molecule has 1 nitrogen and oxygen atoms in total. The second kappa shape index (κ2) is 5.98. The molecule has 0 saturated carbocycles. The third kappa shape index (κ3) is 3.44. The average Bonchev–Trinajstić information content (AvgIpc) is 2.18. The van der Waals surface area contributed by atoms with Crippen LogP contribution in [0.15, 0.2) is 23.1 Å². The number of rotatable bonds is 4. The van der Waals surface area contributed by atoms with E-state index < -0.39 is 0 Å². The van der Waals surface area contributed by atoms with Gasteiger partial charge in [-0.1, -0.05) is 0 Å². The van der Waals surface area contributed by atoms with Gasteiger partial charge in [-0.3, -0.25) is 4.79 Å². The summed E-state index contributed by atoms with van der Waals surface area (Å²) >= 11 is 9.38. The van der Waals surface area contributed by atoms with E-state index in [0.717, 1.165) is 14.0 Å². The van der Waals surface area contributed by atoms with E-state index in [4.69, 9.17) is 11.6 Å². The predicted molar refractivity (Wildman–Crippen MR) is 70.4 cm³/mol. The van der Waals surface area contributed by atoms with Gasteiger partial charge in [-0.2, -0.15) is 0 Å². The van der Waals surface area contributed by atoms with Crippen molar-refractivity contribution >= 4 is 51.7 Å². The number of Topliss-reactive ketones (excluding diaryl/α,β-unsaturated/α-hetero) is 1. The Morgan fingerprint density at radius 2 is 2.29 bits per heavy atom. The van der Waals surface area contributed by atoms with Gasteiger partial charge in [0.15, 0.2) is 5.78 Å². The van der Waals surface area contributed by atoms with Gasteiger partial charge >= 0.3 is 0 Å². The third-order valence-electron chi connectivity index (χ3n) is 1.78. The molecule has 0 aliphatic heterocycles. The van der Waals surface area contributed by atoms with E-state index in [1.807, 2.05) is 24.5 Å². The summed E-state index contributed by atoms with van der Waals surface area (Å²) in [4.78, 5) is 12.4. The maximum atomic E-state index is 11.2. The lowest BCUT2D eigenvalue weighted by atomic mass is 10.1. The van der Waals surface area contributed by atoms with Crippen LogP contribution in [0.1, 0.15) is 5.56 Å². The lowest BCUT2D eigenvalue weighted by Crippen LogP contribution is -2.05. The molecule has 0 atom stereocenters. The largest absolute Gasteiger partial charge is 0.298 e. The molecular weight excluding hydrogens is 331 g/mol. The molecule has 0 aliphatic rings. The zero-order valence-electron chi connectivity index (χ0n) is 7.72. The average molecular weight is 341 g/mol. The topological polar surface area (TPSA) is 17.1 Å². The quantitative estimate of drug-likeness (QED) is 0.475. The van der Waals surface area contributed by atoms with Crippen LogP contribution < -0.4 is 0 Å². The zero-order chi connectivity index (χ0) is 10.6. The molecule has 0 amide bonds. The van der Waals surface area contributed by atoms with Crippen molar-refractivity contribution in [1.82, 2.24) is 0 Å². The first-order valence-electron chi connectivity index (χ1n) is 4.07. The van der Waals surface area contributed by atoms with E-state index in [1.54, 1.807) is 11.8 Å². The number of ketones is 1. The molecule has 0 N–H and O–H groups in total. The van der Waals surface area contributed by atoms with Crippen LogP contribution in [0.5, 0.6) is 0 Å². The molecule has 0 saturated heterocycles. The number of thioether (sulfide) groups is 1. The van der Waals surface area contributed by atoms with Gasteiger partial charge < -0.3 is 0 Å². The lowest BCUT2D eigenvalue weighted by Gasteiger charge is -2.06. The number of alkyl halides is 1. The van der Waals surface area contributed by atoms with Crippen LogP contribution >= 0.6 is 46.0 Å². The fourth-order valence-corrected chi connectivity index (χ4v) is 2.39. The molecule has 1 aromatic carbocycles. The Hall–Kier alpha value is 0.260. The molecule has 0 radical (unpaired) electrons. The minimum Gasteiger partial charge on any atom is -0.298 e. The first-order chi connectivity index (χ1) is 6.67. The van der Waals surface area contributed by atoms with Crippen LogP contribution in [0.4, 0.5) is 0 Å². The van der Waals surface area contributed by atoms with Crippen molar-refractivity contribution < 1.29 is 4.79 Å². The first-order valence-corrected chi connectivity index (χ1v) is 6.91. The van der Waals surface area contributed by atoms with Crippen LogP contribution in [0, 0.1) is 3.57 Å². The Morgan fingerprint density at radius 3 is 2.86 bits per heavy atom. The molecule has 0 unspecified atom stereocenters. The molecule has 1 aromatic rings. The Morgan fingerprint density at radius 1 is 1.57 bits per heavy atom. The molecule has 14 heavy (non-hydrogen) atoms. The summed E-state index contributed by atoms with van der Waals surface area (Å²) in [6, 6.07) is 6.13. The van der Waals surface area contributed by atoms with Crippen LogP contribution in [-0.2, 0) is 11.2 Å². The van der Waals surface area contributed by atoms with Gasteiger partial charge in [0, 0.05) is 14.9 Å². The summed E-state index contributed by atoms with van der Waals surface area (Å²) in [7, 11) is 0. The molecule has 76 valence electrons. The van der Waals surface area contributed by atoms with E-state index in [1.165, 1.54) is 0 Å². The van der Waals surface area contributed by atoms with Gasteiger partial charge in [-0.25, -0.2) is 0 Å². The van der Waals surface area contributed by atoms with E-state index in [-0.39, 0.29) is 11.7 Å². The highest BCUT2D eigenvalue weighted by Gasteiger charge is 2.07. The van der Waals surface area contributed by atoms with Crippen molar-refractivity contribution in [2.75, 3.05) is 12.1 Å². The summed E-state index contributed by atoms with van der Waals surface area (Å²) in [5.74, 6) is 0.170. The summed E-state index contributed by atoms with van der Waals surface area (Å²) < 4.78 is 1.15. The van der Waals surface area contributed by atoms with Crippen molar-refractivity contribution in [3.05, 3.63) is 27.3 Å². The van der Waals surface area contributed by atoms with Crippen molar-refractivity contribution in [2.45, 2.75) is 11.3 Å². The maximum absolute atomic E-state index is 11.2. The van der Waals surface area contributed by atoms with Crippen LogP contribution in [0.25, 0.3) is 0 Å². The van der Waals surface area contributed by atoms with Crippen LogP contribution in [0.2, 0.25) is 0 Å². The Balaban J connectivity index is 2.93. The van der Waals surface area contributed by atoms with E-state index in [2.05, 4.69) is 22.6 Å². The monoisotopic (exact) mass is 340 g/mol. The fourth-order valence-electron chi connectivity index (χ4n) is 1.14. The van der Waals surface area contributed by atoms with Crippen LogP contribution in [0.3, 0.4) is 0 Å². The van der Waals surface area contributed by atoms with E-state index in [9.17, 15) is 4.79 Å². The summed E-state index contributed by atoms with van der Waals surface area (Å²) in [6.07, 6.45) is 2.45. The molecule has 4 heteroatoms. The van der Waals surface area contributed by atoms with Crippen molar-refractivity contribution in [1.29, 1.82) is 0 Å². The predicted octanol–water partition coefficient (Wildman–Crippen LogP) is 3.36. The van der Waals surface area contributed by atoms with Crippen molar-refractivity contribution in [3.8, 4) is 0 Å². The number of hydrogen-bond donors (Lipinski definition) is 0. The summed E-state index contributed by atoms with van der Waals surface area (Å²) in [5, 5.41) is 0. The molecule has 0 fully saturated rings. The Labute approximate surface area is 107 Å². The fraction of sp³-hybridized carbons (Fsp3) is 0.300. The number of hydrogen-bond acceptors (Lipinski definition) is 2. The second-order valence-electron chi connectivity index (χ2n) is 2.81. The highest BCUT2D eigenvalue weighted by Crippen LogP contribution is 2.23. The molecule has 0 aromatic heterocycles. The number of halogens is 2. The Bertz CT molecular complexity index is 341. The smallest absolute Gasteiger partial charge is 0.151 e. The summed E-state index contributed by atoms with van der Waals surface area (Å²) in [6.45, 7) is 0. The minimum atomic E-state index is 0.0731. The molecular formula is C10H10ClIOS. The minimum absolute atomic E-state index is 0.0731. The summed E-state index contributed by atoms with van der Waals surface area (Å²) in [5.41, 5.74) is 1.08. The van der Waals surface area contributed by atoms with Gasteiger partial charge in [-0.05, 0) is 52.6 Å². The highest BCUT2D eigenvalue weighted by molar-refractivity contribution is 14.1. The molecule has 0 bridgehead atoms. The normalized spacial score (nSPS) is 10.2. The first kappa shape index (κ1) is 12.3. The standard InChI is InChI=1S/C10H10ClIOS/c1-14-10-3-2-8(12)4-7(10)5-9(13)6-11/h2-4H,5-6H2,1H3. The Kier molecular flexibility index (Phi) is 5.26. The van der Waals surface area contributed by atoms with Crippen molar-refractivity contribution in [3.63, 3.8) is 0 Å². The van der Waals surface area contributed by atoms with Gasteiger partial charge in [0.1, 0.15) is 0 Å². The zero-order valence-corrected chi connectivity index (χ0v) is 11.4. The van der Waals surface area contributed by atoms with Crippen molar-refractivity contribution in [2.24, 2.45) is 0 Å². The van der Waals surface area contributed by atoms with Gasteiger partial charge in [0.05, 0.1) is 5.88 Å². The second-order valence-corrected chi connectivity index (χ2v) is 5.17. The lowest BCUT2D eigenvalue weighted by molar-refractivity contribution is -0.116. The van der Waals surface area contributed by atoms with Gasteiger partial charge in [0.2, 0.25) is 0 Å². The molecule has 0 aliphatic carbocycles. The van der Waals surface area contributed by atoms with Gasteiger partial charge in [-0.15, -0.1) is 23.4 Å². The number of benzene rings is 1. The number of carbonyl (C=O) groups excluding carboxylic acids is 1. The van der Waals surface area contributed by atoms with E-state index in [0.29, 0.717) is 6.42 Å². The molecule has 1 rings (SSSR count). The SMILES string of the molecule is CSc1ccc(I)cc1CC(=O)CCl. The van der Waals surface area contributed by atoms with Gasteiger partial charge in [0.25, 0.3) is 0 Å². The van der Waals surface area contributed by atoms with Crippen LogP contribution in [-0.4, -0.2) is 17.9 Å². The third-order valence-corrected chi connectivity index (χ3v) is 3.59. The molecule has 0 heterocycles. The van der Waals surface area contributed by atoms with E-state index >= 15 is 0 Å². The highest BCUT2D eigenvalue weighted by atomic mass is 127. The number of carbonyl (C=O) groups is 1. The maximum Gasteiger partial charge on any atom is 0.151 e. The molecule has 0 spiro atoms.